The Hall–Kier alpha value is -0.160. The number of aliphatic hydroxyl groups is 1. The van der Waals surface area contributed by atoms with E-state index in [1.165, 1.54) is 19.3 Å². The number of nitrogens with zero attached hydrogens (tertiary/aromatic N) is 1. The molecule has 2 atom stereocenters. The van der Waals surface area contributed by atoms with Crippen LogP contribution < -0.4 is 0 Å². The topological polar surface area (TPSA) is 41.9 Å². The second kappa shape index (κ2) is 5.65. The van der Waals surface area contributed by atoms with Crippen LogP contribution in [0.3, 0.4) is 0 Å². The Labute approximate surface area is 104 Å². The standard InChI is InChI=1S/C13H25NO3/c1-13(2)10-14(8-12(9-15)17-13)7-11-5-3-4-6-16-11/h11-12,15H,3-10H2,1-2H3. The van der Waals surface area contributed by atoms with Gasteiger partial charge in [-0.2, -0.15) is 0 Å². The van der Waals surface area contributed by atoms with Crippen LogP contribution >= 0.6 is 0 Å². The summed E-state index contributed by atoms with van der Waals surface area (Å²) in [6.07, 6.45) is 3.97. The van der Waals surface area contributed by atoms with Gasteiger partial charge in [0.2, 0.25) is 0 Å². The van der Waals surface area contributed by atoms with Gasteiger partial charge in [-0.3, -0.25) is 4.90 Å². The first-order chi connectivity index (χ1) is 8.09. The van der Waals surface area contributed by atoms with Gasteiger partial charge in [-0.25, -0.2) is 0 Å². The molecule has 0 aromatic heterocycles. The highest BCUT2D eigenvalue weighted by Gasteiger charge is 2.34. The van der Waals surface area contributed by atoms with E-state index in [1.54, 1.807) is 0 Å². The summed E-state index contributed by atoms with van der Waals surface area (Å²) in [4.78, 5) is 2.38. The van der Waals surface area contributed by atoms with Crippen molar-refractivity contribution in [1.29, 1.82) is 0 Å². The molecule has 2 unspecified atom stereocenters. The van der Waals surface area contributed by atoms with Gasteiger partial charge in [-0.05, 0) is 33.1 Å². The molecule has 0 amide bonds. The minimum absolute atomic E-state index is 0.0534. The first-order valence-electron chi connectivity index (χ1n) is 6.72. The molecule has 1 N–H and O–H groups in total. The average molecular weight is 243 g/mol. The summed E-state index contributed by atoms with van der Waals surface area (Å²) in [5.74, 6) is 0. The number of morpholine rings is 1. The smallest absolute Gasteiger partial charge is 0.0940 e. The lowest BCUT2D eigenvalue weighted by molar-refractivity contribution is -0.156. The molecule has 17 heavy (non-hydrogen) atoms. The predicted octanol–water partition coefficient (Wildman–Crippen LogP) is 1.03. The molecule has 0 aromatic rings. The molecule has 0 aliphatic carbocycles. The van der Waals surface area contributed by atoms with Gasteiger partial charge in [0, 0.05) is 26.2 Å². The molecule has 2 heterocycles. The van der Waals surface area contributed by atoms with Crippen molar-refractivity contribution in [2.24, 2.45) is 0 Å². The molecule has 2 aliphatic rings. The summed E-state index contributed by atoms with van der Waals surface area (Å²) < 4.78 is 11.6. The molecule has 0 bridgehead atoms. The minimum atomic E-state index is -0.166. The van der Waals surface area contributed by atoms with Gasteiger partial charge in [0.05, 0.1) is 24.4 Å². The third-order valence-corrected chi connectivity index (χ3v) is 3.49. The fourth-order valence-corrected chi connectivity index (χ4v) is 2.89. The Morgan fingerprint density at radius 3 is 2.76 bits per heavy atom. The molecule has 2 saturated heterocycles. The van der Waals surface area contributed by atoms with Gasteiger partial charge in [0.15, 0.2) is 0 Å². The van der Waals surface area contributed by atoms with Crippen molar-refractivity contribution < 1.29 is 14.6 Å². The van der Waals surface area contributed by atoms with Crippen LogP contribution in [0, 0.1) is 0 Å². The van der Waals surface area contributed by atoms with Crippen LogP contribution in [0.5, 0.6) is 0 Å². The van der Waals surface area contributed by atoms with E-state index in [2.05, 4.69) is 18.7 Å². The third-order valence-electron chi connectivity index (χ3n) is 3.49. The largest absolute Gasteiger partial charge is 0.394 e. The van der Waals surface area contributed by atoms with Crippen LogP contribution in [0.15, 0.2) is 0 Å². The summed E-state index contributed by atoms with van der Waals surface area (Å²) in [6, 6.07) is 0. The summed E-state index contributed by atoms with van der Waals surface area (Å²) in [6.45, 7) is 7.90. The van der Waals surface area contributed by atoms with Crippen molar-refractivity contribution in [1.82, 2.24) is 4.90 Å². The number of aliphatic hydroxyl groups excluding tert-OH is 1. The van der Waals surface area contributed by atoms with E-state index >= 15 is 0 Å². The molecular weight excluding hydrogens is 218 g/mol. The monoisotopic (exact) mass is 243 g/mol. The van der Waals surface area contributed by atoms with Crippen LogP contribution in [-0.2, 0) is 9.47 Å². The second-order valence-electron chi connectivity index (χ2n) is 5.86. The van der Waals surface area contributed by atoms with Gasteiger partial charge >= 0.3 is 0 Å². The van der Waals surface area contributed by atoms with E-state index in [1.807, 2.05) is 0 Å². The Morgan fingerprint density at radius 2 is 2.12 bits per heavy atom. The molecule has 4 heteroatoms. The maximum absolute atomic E-state index is 9.26. The molecule has 0 saturated carbocycles. The van der Waals surface area contributed by atoms with E-state index in [-0.39, 0.29) is 18.3 Å². The lowest BCUT2D eigenvalue weighted by atomic mass is 10.0. The number of ether oxygens (including phenoxy) is 2. The van der Waals surface area contributed by atoms with Crippen LogP contribution in [0.25, 0.3) is 0 Å². The van der Waals surface area contributed by atoms with E-state index in [4.69, 9.17) is 9.47 Å². The summed E-state index contributed by atoms with van der Waals surface area (Å²) in [7, 11) is 0. The van der Waals surface area contributed by atoms with Crippen molar-refractivity contribution >= 4 is 0 Å². The number of hydrogen-bond acceptors (Lipinski definition) is 4. The molecule has 0 radical (unpaired) electrons. The van der Waals surface area contributed by atoms with Gasteiger partial charge in [-0.15, -0.1) is 0 Å². The average Bonchev–Trinajstić information content (AvgIpc) is 2.28. The fourth-order valence-electron chi connectivity index (χ4n) is 2.89. The number of hydrogen-bond donors (Lipinski definition) is 1. The lowest BCUT2D eigenvalue weighted by Crippen LogP contribution is -2.55. The van der Waals surface area contributed by atoms with Crippen molar-refractivity contribution in [3.8, 4) is 0 Å². The SMILES string of the molecule is CC1(C)CN(CC2CCCCO2)CC(CO)O1. The van der Waals surface area contributed by atoms with Crippen molar-refractivity contribution in [3.63, 3.8) is 0 Å². The maximum Gasteiger partial charge on any atom is 0.0940 e. The normalized spacial score (nSPS) is 34.8. The Bertz CT molecular complexity index is 239. The molecule has 0 aromatic carbocycles. The van der Waals surface area contributed by atoms with Crippen LogP contribution in [-0.4, -0.2) is 60.7 Å². The van der Waals surface area contributed by atoms with Gasteiger partial charge in [0.25, 0.3) is 0 Å². The zero-order chi connectivity index (χ0) is 12.3. The Kier molecular flexibility index (Phi) is 4.42. The van der Waals surface area contributed by atoms with E-state index in [0.717, 1.165) is 26.2 Å². The molecule has 2 fully saturated rings. The molecule has 4 nitrogen and oxygen atoms in total. The molecule has 2 aliphatic heterocycles. The zero-order valence-corrected chi connectivity index (χ0v) is 11.0. The van der Waals surface area contributed by atoms with E-state index < -0.39 is 0 Å². The van der Waals surface area contributed by atoms with Crippen LogP contribution in [0.4, 0.5) is 0 Å². The zero-order valence-electron chi connectivity index (χ0n) is 11.0. The van der Waals surface area contributed by atoms with Gasteiger partial charge in [0.1, 0.15) is 0 Å². The molecular formula is C13H25NO3. The Morgan fingerprint density at radius 1 is 1.29 bits per heavy atom. The molecule has 2 rings (SSSR count). The quantitative estimate of drug-likeness (QED) is 0.804. The highest BCUT2D eigenvalue weighted by molar-refractivity contribution is 4.85. The summed E-state index contributed by atoms with van der Waals surface area (Å²) >= 11 is 0. The second-order valence-corrected chi connectivity index (χ2v) is 5.86. The van der Waals surface area contributed by atoms with Crippen molar-refractivity contribution in [2.75, 3.05) is 32.8 Å². The van der Waals surface area contributed by atoms with Crippen molar-refractivity contribution in [3.05, 3.63) is 0 Å². The van der Waals surface area contributed by atoms with E-state index in [9.17, 15) is 5.11 Å². The molecule has 100 valence electrons. The summed E-state index contributed by atoms with van der Waals surface area (Å²) in [5.41, 5.74) is -0.166. The fraction of sp³-hybridized carbons (Fsp3) is 1.00. The van der Waals surface area contributed by atoms with Gasteiger partial charge in [-0.1, -0.05) is 0 Å². The summed E-state index contributed by atoms with van der Waals surface area (Å²) in [5, 5.41) is 9.26. The third kappa shape index (κ3) is 3.91. The van der Waals surface area contributed by atoms with Crippen molar-refractivity contribution in [2.45, 2.75) is 50.9 Å². The highest BCUT2D eigenvalue weighted by atomic mass is 16.5. The Balaban J connectivity index is 1.86. The number of rotatable bonds is 3. The lowest BCUT2D eigenvalue weighted by Gasteiger charge is -2.43. The van der Waals surface area contributed by atoms with Crippen LogP contribution in [0.1, 0.15) is 33.1 Å². The minimum Gasteiger partial charge on any atom is -0.394 e. The van der Waals surface area contributed by atoms with Crippen LogP contribution in [0.2, 0.25) is 0 Å². The van der Waals surface area contributed by atoms with E-state index in [0.29, 0.717) is 6.10 Å². The van der Waals surface area contributed by atoms with Gasteiger partial charge < -0.3 is 14.6 Å². The first kappa shape index (κ1) is 13.3. The predicted molar refractivity (Wildman–Crippen MR) is 66.1 cm³/mol. The maximum atomic E-state index is 9.26. The first-order valence-corrected chi connectivity index (χ1v) is 6.72. The molecule has 0 spiro atoms. The highest BCUT2D eigenvalue weighted by Crippen LogP contribution is 2.22.